The second-order valence-corrected chi connectivity index (χ2v) is 5.18. The number of urea groups is 1. The number of carbonyl (C=O) groups excluding carboxylic acids is 2. The average molecular weight is 328 g/mol. The summed E-state index contributed by atoms with van der Waals surface area (Å²) < 4.78 is 9.83. The van der Waals surface area contributed by atoms with E-state index in [1.54, 1.807) is 25.3 Å². The van der Waals surface area contributed by atoms with Gasteiger partial charge in [-0.15, -0.1) is 0 Å². The molecule has 126 valence electrons. The minimum absolute atomic E-state index is 0.358. The molecule has 0 fully saturated rings. The number of amides is 2. The van der Waals surface area contributed by atoms with Gasteiger partial charge >= 0.3 is 12.0 Å². The predicted molar refractivity (Wildman–Crippen MR) is 91.4 cm³/mol. The quantitative estimate of drug-likeness (QED) is 0.827. The van der Waals surface area contributed by atoms with Crippen molar-refractivity contribution in [2.45, 2.75) is 13.5 Å². The van der Waals surface area contributed by atoms with Gasteiger partial charge in [-0.3, -0.25) is 0 Å². The molecule has 2 aromatic carbocycles. The molecule has 0 bridgehead atoms. The maximum absolute atomic E-state index is 12.1. The highest BCUT2D eigenvalue weighted by atomic mass is 16.5. The highest BCUT2D eigenvalue weighted by molar-refractivity contribution is 5.94. The van der Waals surface area contributed by atoms with Gasteiger partial charge in [-0.2, -0.15) is 0 Å². The Bertz CT molecular complexity index is 744. The minimum atomic E-state index is -0.449. The van der Waals surface area contributed by atoms with Crippen molar-refractivity contribution < 1.29 is 19.1 Å². The fraction of sp³-hybridized carbons (Fsp3) is 0.222. The molecule has 0 heterocycles. The summed E-state index contributed by atoms with van der Waals surface area (Å²) in [5.41, 5.74) is 2.70. The molecule has 0 aromatic heterocycles. The van der Waals surface area contributed by atoms with E-state index in [1.807, 2.05) is 31.2 Å². The van der Waals surface area contributed by atoms with E-state index in [-0.39, 0.29) is 6.03 Å². The van der Waals surface area contributed by atoms with E-state index in [1.165, 1.54) is 7.11 Å². The van der Waals surface area contributed by atoms with Crippen LogP contribution in [-0.4, -0.2) is 26.2 Å². The van der Waals surface area contributed by atoms with Crippen molar-refractivity contribution in [3.8, 4) is 5.75 Å². The minimum Gasteiger partial charge on any atom is -0.497 e. The van der Waals surface area contributed by atoms with E-state index in [9.17, 15) is 9.59 Å². The molecule has 0 aliphatic rings. The topological polar surface area (TPSA) is 76.7 Å². The second-order valence-electron chi connectivity index (χ2n) is 5.18. The number of methoxy groups -OCH3 is 2. The molecule has 2 amide bonds. The first-order valence-electron chi connectivity index (χ1n) is 7.40. The Morgan fingerprint density at radius 2 is 1.88 bits per heavy atom. The van der Waals surface area contributed by atoms with Crippen LogP contribution in [0.2, 0.25) is 0 Å². The Morgan fingerprint density at radius 1 is 1.08 bits per heavy atom. The summed E-state index contributed by atoms with van der Waals surface area (Å²) in [7, 11) is 2.91. The van der Waals surface area contributed by atoms with Crippen LogP contribution in [0.1, 0.15) is 21.5 Å². The van der Waals surface area contributed by atoms with Crippen LogP contribution in [-0.2, 0) is 11.3 Å². The normalized spacial score (nSPS) is 9.96. The number of rotatable bonds is 5. The maximum Gasteiger partial charge on any atom is 0.337 e. The zero-order chi connectivity index (χ0) is 17.5. The third-order valence-electron chi connectivity index (χ3n) is 3.49. The number of ether oxygens (including phenoxy) is 2. The van der Waals surface area contributed by atoms with Gasteiger partial charge in [0.15, 0.2) is 0 Å². The lowest BCUT2D eigenvalue weighted by molar-refractivity contribution is 0.0600. The van der Waals surface area contributed by atoms with Gasteiger partial charge in [0.25, 0.3) is 0 Å². The lowest BCUT2D eigenvalue weighted by atomic mass is 10.1. The number of anilines is 1. The number of hydrogen-bond acceptors (Lipinski definition) is 4. The number of nitrogens with one attached hydrogen (secondary N) is 2. The standard InChI is InChI=1S/C18H20N2O4/c1-12-7-8-14(17(21)24-3)10-16(12)20-18(22)19-11-13-5-4-6-15(9-13)23-2/h4-10H,11H2,1-3H3,(H2,19,20,22). The lowest BCUT2D eigenvalue weighted by Crippen LogP contribution is -2.28. The van der Waals surface area contributed by atoms with Crippen LogP contribution in [0.25, 0.3) is 0 Å². The Hall–Kier alpha value is -3.02. The first kappa shape index (κ1) is 17.3. The molecule has 24 heavy (non-hydrogen) atoms. The van der Waals surface area contributed by atoms with Gasteiger partial charge in [0.05, 0.1) is 19.8 Å². The molecule has 0 unspecified atom stereocenters. The third-order valence-corrected chi connectivity index (χ3v) is 3.49. The van der Waals surface area contributed by atoms with Crippen LogP contribution in [0.4, 0.5) is 10.5 Å². The Balaban J connectivity index is 2.00. The molecule has 6 nitrogen and oxygen atoms in total. The van der Waals surface area contributed by atoms with E-state index in [4.69, 9.17) is 4.74 Å². The lowest BCUT2D eigenvalue weighted by Gasteiger charge is -2.11. The molecule has 2 N–H and O–H groups in total. The second kappa shape index (κ2) is 8.01. The SMILES string of the molecule is COC(=O)c1ccc(C)c(NC(=O)NCc2cccc(OC)c2)c1. The van der Waals surface area contributed by atoms with Crippen molar-refractivity contribution in [1.29, 1.82) is 0 Å². The van der Waals surface area contributed by atoms with Crippen molar-refractivity contribution >= 4 is 17.7 Å². The summed E-state index contributed by atoms with van der Waals surface area (Å²) in [5, 5.41) is 5.51. The number of aryl methyl sites for hydroxylation is 1. The van der Waals surface area contributed by atoms with Crippen LogP contribution in [0, 0.1) is 6.92 Å². The zero-order valence-electron chi connectivity index (χ0n) is 13.9. The summed E-state index contributed by atoms with van der Waals surface area (Å²) >= 11 is 0. The van der Waals surface area contributed by atoms with E-state index in [0.29, 0.717) is 17.8 Å². The van der Waals surface area contributed by atoms with Gasteiger partial charge in [0.2, 0.25) is 0 Å². The largest absolute Gasteiger partial charge is 0.497 e. The molecule has 0 radical (unpaired) electrons. The molecule has 0 aliphatic carbocycles. The smallest absolute Gasteiger partial charge is 0.337 e. The van der Waals surface area contributed by atoms with Gasteiger partial charge in [0.1, 0.15) is 5.75 Å². The molecule has 0 aliphatic heterocycles. The van der Waals surface area contributed by atoms with Gasteiger partial charge < -0.3 is 20.1 Å². The van der Waals surface area contributed by atoms with Crippen molar-refractivity contribution in [2.24, 2.45) is 0 Å². The summed E-state index contributed by atoms with van der Waals surface area (Å²) in [6, 6.07) is 12.1. The molecule has 6 heteroatoms. The monoisotopic (exact) mass is 328 g/mol. The van der Waals surface area contributed by atoms with Crippen molar-refractivity contribution in [3.63, 3.8) is 0 Å². The molecule has 0 atom stereocenters. The maximum atomic E-state index is 12.1. The molecule has 0 spiro atoms. The summed E-state index contributed by atoms with van der Waals surface area (Å²) in [4.78, 5) is 23.6. The average Bonchev–Trinajstić information content (AvgIpc) is 2.61. The Morgan fingerprint density at radius 3 is 2.58 bits per heavy atom. The highest BCUT2D eigenvalue weighted by Crippen LogP contribution is 2.17. The van der Waals surface area contributed by atoms with Crippen LogP contribution in [0.15, 0.2) is 42.5 Å². The fourth-order valence-corrected chi connectivity index (χ4v) is 2.13. The number of hydrogen-bond donors (Lipinski definition) is 2. The summed E-state index contributed by atoms with van der Waals surface area (Å²) in [6.07, 6.45) is 0. The van der Waals surface area contributed by atoms with Crippen LogP contribution >= 0.6 is 0 Å². The number of benzene rings is 2. The molecule has 0 saturated heterocycles. The first-order chi connectivity index (χ1) is 11.5. The van der Waals surface area contributed by atoms with Gasteiger partial charge in [-0.05, 0) is 42.3 Å². The van der Waals surface area contributed by atoms with Gasteiger partial charge in [-0.1, -0.05) is 18.2 Å². The van der Waals surface area contributed by atoms with E-state index < -0.39 is 5.97 Å². The zero-order valence-corrected chi connectivity index (χ0v) is 13.9. The van der Waals surface area contributed by atoms with Crippen molar-refractivity contribution in [3.05, 3.63) is 59.2 Å². The number of esters is 1. The van der Waals surface area contributed by atoms with Gasteiger partial charge in [-0.25, -0.2) is 9.59 Å². The molecular weight excluding hydrogens is 308 g/mol. The van der Waals surface area contributed by atoms with Crippen LogP contribution in [0.3, 0.4) is 0 Å². The first-order valence-corrected chi connectivity index (χ1v) is 7.40. The van der Waals surface area contributed by atoms with Crippen molar-refractivity contribution in [1.82, 2.24) is 5.32 Å². The highest BCUT2D eigenvalue weighted by Gasteiger charge is 2.10. The Labute approximate surface area is 140 Å². The van der Waals surface area contributed by atoms with E-state index in [0.717, 1.165) is 16.9 Å². The van der Waals surface area contributed by atoms with Crippen LogP contribution in [0.5, 0.6) is 5.75 Å². The van der Waals surface area contributed by atoms with E-state index in [2.05, 4.69) is 15.4 Å². The summed E-state index contributed by atoms with van der Waals surface area (Å²) in [6.45, 7) is 2.21. The van der Waals surface area contributed by atoms with Crippen molar-refractivity contribution in [2.75, 3.05) is 19.5 Å². The number of carbonyl (C=O) groups is 2. The predicted octanol–water partition coefficient (Wildman–Crippen LogP) is 3.11. The van der Waals surface area contributed by atoms with Gasteiger partial charge in [0, 0.05) is 12.2 Å². The third kappa shape index (κ3) is 4.49. The molecule has 2 aromatic rings. The molecule has 2 rings (SSSR count). The molecular formula is C18H20N2O4. The van der Waals surface area contributed by atoms with E-state index >= 15 is 0 Å². The molecule has 0 saturated carbocycles. The summed E-state index contributed by atoms with van der Waals surface area (Å²) in [5.74, 6) is 0.283. The fourth-order valence-electron chi connectivity index (χ4n) is 2.13. The van der Waals surface area contributed by atoms with Crippen LogP contribution < -0.4 is 15.4 Å². The Kier molecular flexibility index (Phi) is 5.78.